The van der Waals surface area contributed by atoms with E-state index in [4.69, 9.17) is 14.2 Å². The summed E-state index contributed by atoms with van der Waals surface area (Å²) < 4.78 is 15.7. The van der Waals surface area contributed by atoms with E-state index in [-0.39, 0.29) is 24.5 Å². The van der Waals surface area contributed by atoms with Crippen LogP contribution in [0, 0.1) is 0 Å². The van der Waals surface area contributed by atoms with Crippen molar-refractivity contribution in [2.24, 2.45) is 0 Å². The van der Waals surface area contributed by atoms with Crippen molar-refractivity contribution in [2.45, 2.75) is 44.3 Å². The van der Waals surface area contributed by atoms with Gasteiger partial charge < -0.3 is 19.1 Å². The number of ether oxygens (including phenoxy) is 3. The number of urea groups is 1. The fourth-order valence-corrected chi connectivity index (χ4v) is 4.68. The van der Waals surface area contributed by atoms with E-state index >= 15 is 0 Å². The lowest BCUT2D eigenvalue weighted by atomic mass is 9.85. The van der Waals surface area contributed by atoms with Crippen molar-refractivity contribution in [1.29, 1.82) is 0 Å². The molecule has 8 heteroatoms. The van der Waals surface area contributed by atoms with Crippen LogP contribution in [0.15, 0.2) is 24.3 Å². The Hall–Kier alpha value is -2.16. The van der Waals surface area contributed by atoms with Gasteiger partial charge in [0, 0.05) is 46.5 Å². The summed E-state index contributed by atoms with van der Waals surface area (Å²) in [6.45, 7) is 5.67. The summed E-state index contributed by atoms with van der Waals surface area (Å²) in [6, 6.07) is 7.58. The van der Waals surface area contributed by atoms with E-state index in [0.717, 1.165) is 24.4 Å². The van der Waals surface area contributed by atoms with Crippen molar-refractivity contribution in [2.75, 3.05) is 54.2 Å². The van der Waals surface area contributed by atoms with Crippen LogP contribution in [0.3, 0.4) is 0 Å². The van der Waals surface area contributed by atoms with E-state index in [0.29, 0.717) is 39.0 Å². The van der Waals surface area contributed by atoms with Crippen LogP contribution in [0.25, 0.3) is 0 Å². The number of benzene rings is 1. The second-order valence-electron chi connectivity index (χ2n) is 8.39. The average Bonchev–Trinajstić information content (AvgIpc) is 2.97. The smallest absolute Gasteiger partial charge is 0.327 e. The van der Waals surface area contributed by atoms with Crippen molar-refractivity contribution in [1.82, 2.24) is 14.7 Å². The zero-order chi connectivity index (χ0) is 22.4. The molecule has 0 radical (unpaired) electrons. The third kappa shape index (κ3) is 4.86. The Morgan fingerprint density at radius 1 is 1.03 bits per heavy atom. The summed E-state index contributed by atoms with van der Waals surface area (Å²) in [4.78, 5) is 32.6. The first-order chi connectivity index (χ1) is 15.0. The maximum absolute atomic E-state index is 13.6. The molecule has 31 heavy (non-hydrogen) atoms. The Morgan fingerprint density at radius 3 is 2.29 bits per heavy atom. The summed E-state index contributed by atoms with van der Waals surface area (Å²) in [5.74, 6) is 0.669. The zero-order valence-corrected chi connectivity index (χ0v) is 19.1. The molecule has 0 N–H and O–H groups in total. The molecule has 2 aliphatic heterocycles. The highest BCUT2D eigenvalue weighted by Crippen LogP contribution is 2.38. The fourth-order valence-electron chi connectivity index (χ4n) is 4.68. The molecular formula is C23H35N3O5. The van der Waals surface area contributed by atoms with Crippen molar-refractivity contribution >= 4 is 11.9 Å². The molecule has 2 saturated heterocycles. The van der Waals surface area contributed by atoms with Crippen molar-refractivity contribution in [3.8, 4) is 5.75 Å². The summed E-state index contributed by atoms with van der Waals surface area (Å²) in [6.07, 6.45) is 1.98. The van der Waals surface area contributed by atoms with Crippen LogP contribution in [0.1, 0.15) is 31.7 Å². The number of hydrogen-bond donors (Lipinski definition) is 0. The van der Waals surface area contributed by atoms with Crippen LogP contribution < -0.4 is 4.74 Å². The second-order valence-corrected chi connectivity index (χ2v) is 8.39. The highest BCUT2D eigenvalue weighted by atomic mass is 16.5. The lowest BCUT2D eigenvalue weighted by molar-refractivity contribution is -0.136. The molecule has 1 aromatic rings. The number of methoxy groups -OCH3 is 3. The second kappa shape index (κ2) is 10.4. The number of likely N-dealkylation sites (tertiary alicyclic amines) is 1. The van der Waals surface area contributed by atoms with Gasteiger partial charge in [0.15, 0.2) is 0 Å². The van der Waals surface area contributed by atoms with E-state index in [2.05, 4.69) is 11.8 Å². The lowest BCUT2D eigenvalue weighted by Gasteiger charge is -2.44. The molecule has 1 unspecified atom stereocenters. The van der Waals surface area contributed by atoms with Crippen LogP contribution in [-0.2, 0) is 20.8 Å². The van der Waals surface area contributed by atoms with E-state index in [1.807, 2.05) is 24.3 Å². The molecule has 0 saturated carbocycles. The van der Waals surface area contributed by atoms with Crippen molar-refractivity contribution in [3.05, 3.63) is 29.8 Å². The number of rotatable bonds is 10. The third-order valence-corrected chi connectivity index (χ3v) is 6.51. The van der Waals surface area contributed by atoms with Gasteiger partial charge in [-0.3, -0.25) is 14.6 Å². The van der Waals surface area contributed by atoms with Crippen LogP contribution in [0.5, 0.6) is 5.75 Å². The normalized spacial score (nSPS) is 20.0. The molecule has 2 fully saturated rings. The van der Waals surface area contributed by atoms with Crippen LogP contribution in [0.4, 0.5) is 4.79 Å². The van der Waals surface area contributed by atoms with Gasteiger partial charge in [-0.2, -0.15) is 0 Å². The summed E-state index contributed by atoms with van der Waals surface area (Å²) >= 11 is 0. The first-order valence-electron chi connectivity index (χ1n) is 10.9. The van der Waals surface area contributed by atoms with Crippen LogP contribution >= 0.6 is 0 Å². The van der Waals surface area contributed by atoms with E-state index in [1.165, 1.54) is 4.90 Å². The molecule has 172 valence electrons. The highest BCUT2D eigenvalue weighted by Gasteiger charge is 2.57. The summed E-state index contributed by atoms with van der Waals surface area (Å²) in [5, 5.41) is 0. The monoisotopic (exact) mass is 433 g/mol. The molecule has 8 nitrogen and oxygen atoms in total. The van der Waals surface area contributed by atoms with Gasteiger partial charge in [0.05, 0.1) is 20.3 Å². The van der Waals surface area contributed by atoms with Crippen LogP contribution in [-0.4, -0.2) is 92.4 Å². The standard InChI is InChI=1S/C23H35N3O5/c1-18(17-30-3)24-13-10-23(11-14-24)21(27)25(22(28)26(23)12-5-15-29-2)16-19-6-8-20(31-4)9-7-19/h6-9,18H,5,10-17H2,1-4H3. The van der Waals surface area contributed by atoms with Crippen molar-refractivity contribution < 1.29 is 23.8 Å². The first-order valence-corrected chi connectivity index (χ1v) is 10.9. The quantitative estimate of drug-likeness (QED) is 0.417. The number of piperidine rings is 1. The Balaban J connectivity index is 1.78. The summed E-state index contributed by atoms with van der Waals surface area (Å²) in [7, 11) is 4.97. The van der Waals surface area contributed by atoms with Gasteiger partial charge in [-0.25, -0.2) is 4.79 Å². The van der Waals surface area contributed by atoms with Gasteiger partial charge in [0.2, 0.25) is 0 Å². The first kappa shape index (κ1) is 23.5. The molecule has 0 bridgehead atoms. The number of carbonyl (C=O) groups is 2. The number of amides is 3. The van der Waals surface area contributed by atoms with E-state index in [9.17, 15) is 9.59 Å². The Labute approximate surface area is 185 Å². The Kier molecular flexibility index (Phi) is 7.91. The minimum absolute atomic E-state index is 0.0789. The van der Waals surface area contributed by atoms with E-state index < -0.39 is 5.54 Å². The topological polar surface area (TPSA) is 71.6 Å². The van der Waals surface area contributed by atoms with Gasteiger partial charge >= 0.3 is 6.03 Å². The predicted octanol–water partition coefficient (Wildman–Crippen LogP) is 2.37. The molecule has 0 aromatic heterocycles. The van der Waals surface area contributed by atoms with Gasteiger partial charge in [0.1, 0.15) is 11.3 Å². The minimum atomic E-state index is -0.763. The van der Waals surface area contributed by atoms with Crippen molar-refractivity contribution in [3.63, 3.8) is 0 Å². The molecule has 0 aliphatic carbocycles. The number of imide groups is 1. The zero-order valence-electron chi connectivity index (χ0n) is 19.1. The number of hydrogen-bond acceptors (Lipinski definition) is 6. The number of nitrogens with zero attached hydrogens (tertiary/aromatic N) is 3. The van der Waals surface area contributed by atoms with Gasteiger partial charge in [0.25, 0.3) is 5.91 Å². The lowest BCUT2D eigenvalue weighted by Crippen LogP contribution is -2.58. The Bertz CT molecular complexity index is 746. The van der Waals surface area contributed by atoms with Gasteiger partial charge in [-0.1, -0.05) is 12.1 Å². The number of carbonyl (C=O) groups excluding carboxylic acids is 2. The average molecular weight is 434 g/mol. The maximum Gasteiger partial charge on any atom is 0.327 e. The third-order valence-electron chi connectivity index (χ3n) is 6.51. The summed E-state index contributed by atoms with van der Waals surface area (Å²) in [5.41, 5.74) is 0.142. The molecular weight excluding hydrogens is 398 g/mol. The SMILES string of the molecule is COCCCN1C(=O)N(Cc2ccc(OC)cc2)C(=O)C12CCN(C(C)COC)CC2. The molecule has 2 heterocycles. The Morgan fingerprint density at radius 2 is 1.71 bits per heavy atom. The highest BCUT2D eigenvalue weighted by molar-refractivity contribution is 6.07. The minimum Gasteiger partial charge on any atom is -0.497 e. The largest absolute Gasteiger partial charge is 0.497 e. The van der Waals surface area contributed by atoms with Gasteiger partial charge in [-0.05, 0) is 43.9 Å². The van der Waals surface area contributed by atoms with Gasteiger partial charge in [-0.15, -0.1) is 0 Å². The maximum atomic E-state index is 13.6. The van der Waals surface area contributed by atoms with Crippen LogP contribution in [0.2, 0.25) is 0 Å². The molecule has 1 aromatic carbocycles. The predicted molar refractivity (Wildman–Crippen MR) is 117 cm³/mol. The molecule has 3 amide bonds. The fraction of sp³-hybridized carbons (Fsp3) is 0.652. The molecule has 3 rings (SSSR count). The van der Waals surface area contributed by atoms with E-state index in [1.54, 1.807) is 26.2 Å². The molecule has 1 spiro atoms. The molecule has 2 aliphatic rings. The molecule has 1 atom stereocenters.